The normalized spacial score (nSPS) is 10.1. The Kier molecular flexibility index (Phi) is 2.34. The van der Waals surface area contributed by atoms with Crippen LogP contribution in [-0.2, 0) is 0 Å². The number of aromatic nitrogens is 2. The highest BCUT2D eigenvalue weighted by Gasteiger charge is 2.14. The number of thiophene rings is 1. The van der Waals surface area contributed by atoms with E-state index >= 15 is 0 Å². The van der Waals surface area contributed by atoms with Crippen molar-refractivity contribution in [2.75, 3.05) is 5.73 Å². The van der Waals surface area contributed by atoms with Crippen LogP contribution in [0.25, 0.3) is 0 Å². The molecule has 15 heavy (non-hydrogen) atoms. The molecule has 0 aliphatic heterocycles. The molecule has 0 spiro atoms. The number of carbonyl (C=O) groups excluding carboxylic acids is 1. The van der Waals surface area contributed by atoms with Crippen molar-refractivity contribution in [1.82, 2.24) is 9.97 Å². The Morgan fingerprint density at radius 1 is 1.53 bits per heavy atom. The third kappa shape index (κ3) is 1.79. The van der Waals surface area contributed by atoms with Gasteiger partial charge in [-0.3, -0.25) is 9.78 Å². The molecule has 0 aliphatic rings. The Labute approximate surface area is 88.6 Å². The molecule has 5 nitrogen and oxygen atoms in total. The number of nitrogens with one attached hydrogen (secondary N) is 1. The molecule has 0 fully saturated rings. The van der Waals surface area contributed by atoms with Crippen LogP contribution >= 0.6 is 11.3 Å². The van der Waals surface area contributed by atoms with E-state index in [2.05, 4.69) is 9.97 Å². The first-order valence-corrected chi connectivity index (χ1v) is 4.99. The van der Waals surface area contributed by atoms with Crippen LogP contribution in [0.4, 0.5) is 5.82 Å². The predicted molar refractivity (Wildman–Crippen MR) is 57.0 cm³/mol. The maximum absolute atomic E-state index is 11.8. The second kappa shape index (κ2) is 3.66. The van der Waals surface area contributed by atoms with Crippen LogP contribution in [0.1, 0.15) is 15.2 Å². The van der Waals surface area contributed by atoms with Crippen LogP contribution in [0.15, 0.2) is 28.5 Å². The minimum absolute atomic E-state index is 0.0494. The zero-order valence-electron chi connectivity index (χ0n) is 7.56. The Morgan fingerprint density at radius 3 is 2.93 bits per heavy atom. The molecular weight excluding hydrogens is 214 g/mol. The predicted octanol–water partition coefficient (Wildman–Crippen LogP) is 0.645. The molecule has 0 atom stereocenters. The van der Waals surface area contributed by atoms with Gasteiger partial charge in [0, 0.05) is 6.20 Å². The number of carbonyl (C=O) groups is 1. The summed E-state index contributed by atoms with van der Waals surface area (Å²) in [7, 11) is 0. The molecule has 2 rings (SSSR count). The van der Waals surface area contributed by atoms with Gasteiger partial charge in [-0.25, -0.2) is 9.78 Å². The minimum atomic E-state index is -0.560. The van der Waals surface area contributed by atoms with Crippen LogP contribution in [0.3, 0.4) is 0 Å². The SMILES string of the molecule is Nc1[nH]c(=O)ncc1C(=O)c1cccs1. The molecule has 0 unspecified atom stereocenters. The number of nitrogen functional groups attached to an aromatic ring is 1. The average molecular weight is 221 g/mol. The lowest BCUT2D eigenvalue weighted by atomic mass is 10.2. The van der Waals surface area contributed by atoms with Crippen LogP contribution in [-0.4, -0.2) is 15.8 Å². The van der Waals surface area contributed by atoms with Gasteiger partial charge in [-0.1, -0.05) is 6.07 Å². The minimum Gasteiger partial charge on any atom is -0.384 e. The second-order valence-electron chi connectivity index (χ2n) is 2.82. The largest absolute Gasteiger partial charge is 0.384 e. The van der Waals surface area contributed by atoms with Gasteiger partial charge in [-0.2, -0.15) is 0 Å². The van der Waals surface area contributed by atoms with E-state index in [1.807, 2.05) is 0 Å². The summed E-state index contributed by atoms with van der Waals surface area (Å²) in [5.74, 6) is -0.181. The maximum atomic E-state index is 11.8. The van der Waals surface area contributed by atoms with Gasteiger partial charge in [0.15, 0.2) is 0 Å². The first kappa shape index (κ1) is 9.60. The van der Waals surface area contributed by atoms with Crippen LogP contribution in [0, 0.1) is 0 Å². The Hall–Kier alpha value is -1.95. The molecule has 6 heteroatoms. The summed E-state index contributed by atoms with van der Waals surface area (Å²) in [5.41, 5.74) is 5.18. The summed E-state index contributed by atoms with van der Waals surface area (Å²) >= 11 is 1.31. The number of aromatic amines is 1. The van der Waals surface area contributed by atoms with Crippen molar-refractivity contribution in [1.29, 1.82) is 0 Å². The standard InChI is InChI=1S/C9H7N3O2S/c10-8-5(4-11-9(14)12-8)7(13)6-2-1-3-15-6/h1-4H,(H3,10,11,12,14). The molecule has 0 saturated carbocycles. The summed E-state index contributed by atoms with van der Waals surface area (Å²) in [6.45, 7) is 0. The molecule has 76 valence electrons. The first-order valence-electron chi connectivity index (χ1n) is 4.11. The number of hydrogen-bond acceptors (Lipinski definition) is 5. The topological polar surface area (TPSA) is 88.8 Å². The number of hydrogen-bond donors (Lipinski definition) is 2. The Balaban J connectivity index is 2.47. The lowest BCUT2D eigenvalue weighted by Crippen LogP contribution is -2.16. The van der Waals surface area contributed by atoms with Gasteiger partial charge in [-0.15, -0.1) is 11.3 Å². The van der Waals surface area contributed by atoms with E-state index in [0.717, 1.165) is 0 Å². The zero-order valence-corrected chi connectivity index (χ0v) is 8.38. The van der Waals surface area contributed by atoms with Gasteiger partial charge in [0.05, 0.1) is 10.4 Å². The van der Waals surface area contributed by atoms with Crippen molar-refractivity contribution >= 4 is 22.9 Å². The number of nitrogens with two attached hydrogens (primary N) is 1. The van der Waals surface area contributed by atoms with Crippen molar-refractivity contribution in [3.8, 4) is 0 Å². The Morgan fingerprint density at radius 2 is 2.33 bits per heavy atom. The summed E-state index contributed by atoms with van der Waals surface area (Å²) in [6.07, 6.45) is 1.19. The molecule has 0 radical (unpaired) electrons. The van der Waals surface area contributed by atoms with Crippen molar-refractivity contribution in [3.05, 3.63) is 44.6 Å². The average Bonchev–Trinajstić information content (AvgIpc) is 2.69. The van der Waals surface area contributed by atoms with Crippen molar-refractivity contribution in [3.63, 3.8) is 0 Å². The highest BCUT2D eigenvalue weighted by Crippen LogP contribution is 2.16. The first-order chi connectivity index (χ1) is 7.18. The van der Waals surface area contributed by atoms with Gasteiger partial charge >= 0.3 is 5.69 Å². The van der Waals surface area contributed by atoms with Crippen LogP contribution < -0.4 is 11.4 Å². The molecule has 0 bridgehead atoms. The monoisotopic (exact) mass is 221 g/mol. The Bertz CT molecular complexity index is 545. The van der Waals surface area contributed by atoms with Gasteiger partial charge in [0.2, 0.25) is 5.78 Å². The molecule has 0 saturated heterocycles. The summed E-state index contributed by atoms with van der Waals surface area (Å²) in [4.78, 5) is 28.9. The number of nitrogens with zero attached hydrogens (tertiary/aromatic N) is 1. The summed E-state index contributed by atoms with van der Waals surface area (Å²) < 4.78 is 0. The van der Waals surface area contributed by atoms with E-state index in [9.17, 15) is 9.59 Å². The molecule has 2 aromatic heterocycles. The zero-order chi connectivity index (χ0) is 10.8. The van der Waals surface area contributed by atoms with Gasteiger partial charge in [-0.05, 0) is 11.4 Å². The third-order valence-electron chi connectivity index (χ3n) is 1.83. The lowest BCUT2D eigenvalue weighted by molar-refractivity contribution is 0.104. The van der Waals surface area contributed by atoms with Crippen LogP contribution in [0.5, 0.6) is 0 Å². The molecule has 3 N–H and O–H groups in total. The number of rotatable bonds is 2. The van der Waals surface area contributed by atoms with Crippen molar-refractivity contribution in [2.24, 2.45) is 0 Å². The molecule has 0 aromatic carbocycles. The fourth-order valence-electron chi connectivity index (χ4n) is 1.13. The quantitative estimate of drug-likeness (QED) is 0.728. The fourth-order valence-corrected chi connectivity index (χ4v) is 1.81. The fraction of sp³-hybridized carbons (Fsp3) is 0. The number of anilines is 1. The smallest absolute Gasteiger partial charge is 0.346 e. The highest BCUT2D eigenvalue weighted by molar-refractivity contribution is 7.12. The maximum Gasteiger partial charge on any atom is 0.346 e. The van der Waals surface area contributed by atoms with Gasteiger partial charge in [0.1, 0.15) is 5.82 Å². The summed E-state index contributed by atoms with van der Waals surface area (Å²) in [5, 5.41) is 1.79. The molecule has 2 heterocycles. The lowest BCUT2D eigenvalue weighted by Gasteiger charge is -2.00. The molecule has 0 aliphatic carbocycles. The molecular formula is C9H7N3O2S. The summed E-state index contributed by atoms with van der Waals surface area (Å²) in [6, 6.07) is 3.46. The number of ketones is 1. The van der Waals surface area contributed by atoms with E-state index in [0.29, 0.717) is 4.88 Å². The van der Waals surface area contributed by atoms with E-state index in [4.69, 9.17) is 5.73 Å². The third-order valence-corrected chi connectivity index (χ3v) is 2.70. The van der Waals surface area contributed by atoms with E-state index in [1.165, 1.54) is 17.5 Å². The van der Waals surface area contributed by atoms with Crippen LogP contribution in [0.2, 0.25) is 0 Å². The second-order valence-corrected chi connectivity index (χ2v) is 3.77. The van der Waals surface area contributed by atoms with Gasteiger partial charge in [0.25, 0.3) is 0 Å². The van der Waals surface area contributed by atoms with E-state index in [-0.39, 0.29) is 17.2 Å². The number of H-pyrrole nitrogens is 1. The highest BCUT2D eigenvalue weighted by atomic mass is 32.1. The van der Waals surface area contributed by atoms with Crippen molar-refractivity contribution < 1.29 is 4.79 Å². The molecule has 0 amide bonds. The molecule has 2 aromatic rings. The van der Waals surface area contributed by atoms with E-state index < -0.39 is 5.69 Å². The van der Waals surface area contributed by atoms with Crippen molar-refractivity contribution in [2.45, 2.75) is 0 Å². The van der Waals surface area contributed by atoms with Gasteiger partial charge < -0.3 is 5.73 Å². The van der Waals surface area contributed by atoms with E-state index in [1.54, 1.807) is 17.5 Å².